The SMILES string of the molecule is CC(C)n1c(=O)c(NCc2ccc(S(N)(=O)=O)cc2)nc2cnc(-c3c(O)ncnc3C3CC3)nc21. The summed E-state index contributed by atoms with van der Waals surface area (Å²) in [5.41, 5.74) is 2.14. The van der Waals surface area contributed by atoms with Crippen LogP contribution in [0.5, 0.6) is 5.88 Å². The highest BCUT2D eigenvalue weighted by atomic mass is 32.2. The minimum Gasteiger partial charge on any atom is -0.493 e. The van der Waals surface area contributed by atoms with Crippen molar-refractivity contribution in [2.75, 3.05) is 5.32 Å². The number of hydrogen-bond donors (Lipinski definition) is 3. The van der Waals surface area contributed by atoms with Gasteiger partial charge in [0, 0.05) is 18.5 Å². The Bertz CT molecular complexity index is 1630. The van der Waals surface area contributed by atoms with Crippen LogP contribution < -0.4 is 16.0 Å². The standard InChI is InChI=1S/C23H24N8O4S/c1-12(2)31-21-16(10-26-19(30-21)17-18(14-5-6-14)27-11-28-22(17)32)29-20(23(31)33)25-9-13-3-7-15(8-4-13)36(24,34)35/h3-4,7-8,10-12,14H,5-6,9H2,1-2H3,(H,25,29)(H2,24,34,35)(H,27,28,32). The van der Waals surface area contributed by atoms with Gasteiger partial charge in [0.1, 0.15) is 17.4 Å². The molecule has 1 saturated carbocycles. The number of nitrogens with zero attached hydrogens (tertiary/aromatic N) is 6. The first kappa shape index (κ1) is 23.8. The molecule has 1 aromatic carbocycles. The van der Waals surface area contributed by atoms with Gasteiger partial charge in [0.15, 0.2) is 17.3 Å². The molecule has 3 heterocycles. The highest BCUT2D eigenvalue weighted by Crippen LogP contribution is 2.44. The van der Waals surface area contributed by atoms with Gasteiger partial charge < -0.3 is 10.4 Å². The number of primary sulfonamides is 1. The van der Waals surface area contributed by atoms with Gasteiger partial charge in [-0.25, -0.2) is 38.5 Å². The molecular formula is C23H24N8O4S. The van der Waals surface area contributed by atoms with Crippen molar-refractivity contribution in [2.24, 2.45) is 5.14 Å². The molecule has 0 atom stereocenters. The zero-order chi connectivity index (χ0) is 25.6. The van der Waals surface area contributed by atoms with Gasteiger partial charge in [0.05, 0.1) is 16.8 Å². The number of hydrogen-bond acceptors (Lipinski definition) is 10. The lowest BCUT2D eigenvalue weighted by molar-refractivity contribution is 0.452. The van der Waals surface area contributed by atoms with E-state index in [1.54, 1.807) is 12.1 Å². The summed E-state index contributed by atoms with van der Waals surface area (Å²) < 4.78 is 24.4. The second kappa shape index (κ2) is 8.91. The topological polar surface area (TPSA) is 179 Å². The summed E-state index contributed by atoms with van der Waals surface area (Å²) in [4.78, 5) is 35.0. The maximum absolute atomic E-state index is 13.3. The molecule has 0 spiro atoms. The van der Waals surface area contributed by atoms with Crippen LogP contribution in [0.1, 0.15) is 49.9 Å². The van der Waals surface area contributed by atoms with Crippen LogP contribution in [-0.2, 0) is 16.6 Å². The molecule has 12 nitrogen and oxygen atoms in total. The van der Waals surface area contributed by atoms with Crippen molar-refractivity contribution in [3.05, 3.63) is 58.4 Å². The molecule has 0 saturated heterocycles. The van der Waals surface area contributed by atoms with E-state index in [1.165, 1.54) is 29.2 Å². The summed E-state index contributed by atoms with van der Waals surface area (Å²) >= 11 is 0. The number of rotatable bonds is 7. The summed E-state index contributed by atoms with van der Waals surface area (Å²) in [7, 11) is -3.79. The molecule has 3 aromatic heterocycles. The lowest BCUT2D eigenvalue weighted by Gasteiger charge is -2.16. The maximum atomic E-state index is 13.3. The second-order valence-corrected chi connectivity index (χ2v) is 10.5. The number of anilines is 1. The van der Waals surface area contributed by atoms with Crippen molar-refractivity contribution >= 4 is 27.0 Å². The third kappa shape index (κ3) is 4.50. The van der Waals surface area contributed by atoms with Crippen molar-refractivity contribution in [1.82, 2.24) is 29.5 Å². The number of sulfonamides is 1. The molecule has 186 valence electrons. The largest absolute Gasteiger partial charge is 0.493 e. The highest BCUT2D eigenvalue weighted by molar-refractivity contribution is 7.89. The minimum atomic E-state index is -3.79. The first-order chi connectivity index (χ1) is 17.1. The van der Waals surface area contributed by atoms with Gasteiger partial charge in [0.2, 0.25) is 15.9 Å². The quantitative estimate of drug-likeness (QED) is 0.334. The molecule has 0 bridgehead atoms. The molecule has 4 aromatic rings. The van der Waals surface area contributed by atoms with Crippen molar-refractivity contribution in [3.8, 4) is 17.3 Å². The number of nitrogens with two attached hydrogens (primary N) is 1. The van der Waals surface area contributed by atoms with E-state index in [1.807, 2.05) is 13.8 Å². The zero-order valence-electron chi connectivity index (χ0n) is 19.6. The summed E-state index contributed by atoms with van der Waals surface area (Å²) in [6, 6.07) is 5.77. The fourth-order valence-electron chi connectivity index (χ4n) is 3.97. The normalized spacial score (nSPS) is 13.9. The summed E-state index contributed by atoms with van der Waals surface area (Å²) in [6.07, 6.45) is 4.76. The Morgan fingerprint density at radius 2 is 1.86 bits per heavy atom. The van der Waals surface area contributed by atoms with E-state index >= 15 is 0 Å². The Morgan fingerprint density at radius 1 is 1.14 bits per heavy atom. The van der Waals surface area contributed by atoms with Crippen LogP contribution >= 0.6 is 0 Å². The molecule has 0 unspecified atom stereocenters. The first-order valence-corrected chi connectivity index (χ1v) is 12.9. The van der Waals surface area contributed by atoms with E-state index < -0.39 is 10.0 Å². The predicted molar refractivity (Wildman–Crippen MR) is 132 cm³/mol. The Kier molecular flexibility index (Phi) is 5.88. The van der Waals surface area contributed by atoms with E-state index in [4.69, 9.17) is 5.14 Å². The molecule has 5 rings (SSSR count). The van der Waals surface area contributed by atoms with Crippen LogP contribution in [0.2, 0.25) is 0 Å². The number of nitrogens with one attached hydrogen (secondary N) is 1. The van der Waals surface area contributed by atoms with Crippen LogP contribution in [0.15, 0.2) is 46.5 Å². The van der Waals surface area contributed by atoms with Crippen LogP contribution in [0.3, 0.4) is 0 Å². The number of aromatic hydroxyl groups is 1. The number of fused-ring (bicyclic) bond motifs is 1. The third-order valence-electron chi connectivity index (χ3n) is 5.90. The molecule has 0 radical (unpaired) electrons. The molecule has 0 aliphatic heterocycles. The molecule has 36 heavy (non-hydrogen) atoms. The summed E-state index contributed by atoms with van der Waals surface area (Å²) in [5, 5.41) is 18.6. The fraction of sp³-hybridized carbons (Fsp3) is 0.304. The van der Waals surface area contributed by atoms with Gasteiger partial charge in [-0.05, 0) is 44.4 Å². The number of benzene rings is 1. The van der Waals surface area contributed by atoms with E-state index in [9.17, 15) is 18.3 Å². The first-order valence-electron chi connectivity index (χ1n) is 11.3. The van der Waals surface area contributed by atoms with Gasteiger partial charge >= 0.3 is 0 Å². The van der Waals surface area contributed by atoms with Crippen LogP contribution in [0.4, 0.5) is 5.82 Å². The Balaban J connectivity index is 1.53. The van der Waals surface area contributed by atoms with Crippen LogP contribution in [-0.4, -0.2) is 43.0 Å². The van der Waals surface area contributed by atoms with E-state index in [0.29, 0.717) is 22.4 Å². The number of aromatic nitrogens is 6. The second-order valence-electron chi connectivity index (χ2n) is 8.91. The molecule has 4 N–H and O–H groups in total. The Labute approximate surface area is 206 Å². The Hall–Kier alpha value is -3.97. The van der Waals surface area contributed by atoms with Gasteiger partial charge in [0.25, 0.3) is 5.56 Å². The zero-order valence-corrected chi connectivity index (χ0v) is 20.4. The van der Waals surface area contributed by atoms with Crippen molar-refractivity contribution in [1.29, 1.82) is 0 Å². The average molecular weight is 509 g/mol. The predicted octanol–water partition coefficient (Wildman–Crippen LogP) is 2.07. The Morgan fingerprint density at radius 3 is 2.50 bits per heavy atom. The smallest absolute Gasteiger partial charge is 0.295 e. The van der Waals surface area contributed by atoms with Gasteiger partial charge in [-0.1, -0.05) is 12.1 Å². The molecule has 1 aliphatic rings. The molecule has 1 aliphatic carbocycles. The molecule has 1 fully saturated rings. The lowest BCUT2D eigenvalue weighted by Crippen LogP contribution is -2.27. The van der Waals surface area contributed by atoms with Crippen LogP contribution in [0.25, 0.3) is 22.6 Å². The molecule has 0 amide bonds. The van der Waals surface area contributed by atoms with E-state index in [0.717, 1.165) is 18.4 Å². The third-order valence-corrected chi connectivity index (χ3v) is 6.83. The molecular weight excluding hydrogens is 484 g/mol. The monoisotopic (exact) mass is 508 g/mol. The van der Waals surface area contributed by atoms with E-state index in [2.05, 4.69) is 30.2 Å². The average Bonchev–Trinajstić information content (AvgIpc) is 3.67. The van der Waals surface area contributed by atoms with Gasteiger partial charge in [-0.15, -0.1) is 0 Å². The van der Waals surface area contributed by atoms with Gasteiger partial charge in [-0.3, -0.25) is 9.36 Å². The highest BCUT2D eigenvalue weighted by Gasteiger charge is 2.31. The maximum Gasteiger partial charge on any atom is 0.295 e. The van der Waals surface area contributed by atoms with Crippen molar-refractivity contribution in [2.45, 2.75) is 50.1 Å². The van der Waals surface area contributed by atoms with Crippen molar-refractivity contribution in [3.63, 3.8) is 0 Å². The van der Waals surface area contributed by atoms with Gasteiger partial charge in [-0.2, -0.15) is 0 Å². The minimum absolute atomic E-state index is 0.00453. The fourth-order valence-corrected chi connectivity index (χ4v) is 4.48. The van der Waals surface area contributed by atoms with Crippen molar-refractivity contribution < 1.29 is 13.5 Å². The lowest BCUT2D eigenvalue weighted by atomic mass is 10.1. The summed E-state index contributed by atoms with van der Waals surface area (Å²) in [6.45, 7) is 3.95. The summed E-state index contributed by atoms with van der Waals surface area (Å²) in [5.74, 6) is 0.356. The van der Waals surface area contributed by atoms with Crippen LogP contribution in [0, 0.1) is 0 Å². The van der Waals surface area contributed by atoms with E-state index in [-0.39, 0.29) is 46.5 Å². The molecule has 13 heteroatoms.